The third-order valence-electron chi connectivity index (χ3n) is 3.28. The van der Waals surface area contributed by atoms with Crippen molar-refractivity contribution in [2.24, 2.45) is 5.92 Å². The summed E-state index contributed by atoms with van der Waals surface area (Å²) < 4.78 is 10.6. The first kappa shape index (κ1) is 12.3. The predicted molar refractivity (Wildman–Crippen MR) is 66.0 cm³/mol. The minimum atomic E-state index is 0.386. The molecular formula is C13H20N2O2. The first-order chi connectivity index (χ1) is 8.29. The highest BCUT2D eigenvalue weighted by Crippen LogP contribution is 2.19. The lowest BCUT2D eigenvalue weighted by atomic mass is 10.0. The van der Waals surface area contributed by atoms with E-state index in [-0.39, 0.29) is 0 Å². The molecule has 0 aromatic carbocycles. The van der Waals surface area contributed by atoms with E-state index in [9.17, 15) is 0 Å². The maximum Gasteiger partial charge on any atom is 0.212 e. The fourth-order valence-electron chi connectivity index (χ4n) is 2.08. The highest BCUT2D eigenvalue weighted by Gasteiger charge is 2.23. The number of rotatable bonds is 5. The summed E-state index contributed by atoms with van der Waals surface area (Å²) in [6.45, 7) is 4.90. The molecule has 2 atom stereocenters. The molecule has 94 valence electrons. The summed E-state index contributed by atoms with van der Waals surface area (Å²) >= 11 is 0. The topological polar surface area (TPSA) is 43.4 Å². The molecule has 2 heterocycles. The Morgan fingerprint density at radius 3 is 3.00 bits per heavy atom. The van der Waals surface area contributed by atoms with Crippen molar-refractivity contribution >= 4 is 0 Å². The third kappa shape index (κ3) is 3.41. The van der Waals surface area contributed by atoms with Gasteiger partial charge in [-0.3, -0.25) is 0 Å². The second kappa shape index (κ2) is 5.98. The van der Waals surface area contributed by atoms with Crippen LogP contribution in [0.4, 0.5) is 0 Å². The van der Waals surface area contributed by atoms with Crippen molar-refractivity contribution in [3.8, 4) is 5.88 Å². The molecule has 1 N–H and O–H groups in total. The molecule has 0 aliphatic carbocycles. The standard InChI is InChI=1S/C13H20N2O2/c1-10-12(5-6-17-10)9-14-7-11-3-4-13(16-2)15-8-11/h3-4,8,10,12,14H,5-7,9H2,1-2H3. The molecule has 0 radical (unpaired) electrons. The van der Waals surface area contributed by atoms with Crippen LogP contribution in [0.15, 0.2) is 18.3 Å². The predicted octanol–water partition coefficient (Wildman–Crippen LogP) is 1.60. The van der Waals surface area contributed by atoms with E-state index in [1.54, 1.807) is 7.11 Å². The molecule has 4 nitrogen and oxygen atoms in total. The summed E-state index contributed by atoms with van der Waals surface area (Å²) in [5.41, 5.74) is 1.18. The van der Waals surface area contributed by atoms with Gasteiger partial charge in [0.05, 0.1) is 13.2 Å². The average Bonchev–Trinajstić information content (AvgIpc) is 2.76. The van der Waals surface area contributed by atoms with Gasteiger partial charge in [-0.1, -0.05) is 6.07 Å². The van der Waals surface area contributed by atoms with Gasteiger partial charge in [-0.25, -0.2) is 4.98 Å². The summed E-state index contributed by atoms with van der Waals surface area (Å²) in [6.07, 6.45) is 3.40. The third-order valence-corrected chi connectivity index (χ3v) is 3.28. The van der Waals surface area contributed by atoms with E-state index in [1.807, 2.05) is 18.3 Å². The molecule has 4 heteroatoms. The number of nitrogens with one attached hydrogen (secondary N) is 1. The fourth-order valence-corrected chi connectivity index (χ4v) is 2.08. The normalized spacial score (nSPS) is 23.9. The number of nitrogens with zero attached hydrogens (tertiary/aromatic N) is 1. The van der Waals surface area contributed by atoms with E-state index in [0.29, 0.717) is 17.9 Å². The Labute approximate surface area is 102 Å². The number of pyridine rings is 1. The second-order valence-electron chi connectivity index (χ2n) is 4.46. The van der Waals surface area contributed by atoms with Crippen molar-refractivity contribution in [2.75, 3.05) is 20.3 Å². The molecule has 2 unspecified atom stereocenters. The summed E-state index contributed by atoms with van der Waals surface area (Å²) in [6, 6.07) is 3.92. The zero-order valence-corrected chi connectivity index (χ0v) is 10.5. The summed E-state index contributed by atoms with van der Waals surface area (Å²) in [4.78, 5) is 4.18. The Balaban J connectivity index is 1.73. The summed E-state index contributed by atoms with van der Waals surface area (Å²) in [5.74, 6) is 1.30. The van der Waals surface area contributed by atoms with Crippen molar-refractivity contribution in [2.45, 2.75) is 26.0 Å². The maximum atomic E-state index is 5.53. The second-order valence-corrected chi connectivity index (χ2v) is 4.46. The van der Waals surface area contributed by atoms with Crippen LogP contribution in [0.2, 0.25) is 0 Å². The molecule has 1 aromatic heterocycles. The minimum absolute atomic E-state index is 0.386. The lowest BCUT2D eigenvalue weighted by Gasteiger charge is -2.14. The Hall–Kier alpha value is -1.13. The van der Waals surface area contributed by atoms with Gasteiger partial charge >= 0.3 is 0 Å². The number of hydrogen-bond donors (Lipinski definition) is 1. The van der Waals surface area contributed by atoms with Crippen LogP contribution >= 0.6 is 0 Å². The van der Waals surface area contributed by atoms with Gasteiger partial charge < -0.3 is 14.8 Å². The van der Waals surface area contributed by atoms with E-state index in [0.717, 1.165) is 26.1 Å². The maximum absolute atomic E-state index is 5.53. The molecule has 0 spiro atoms. The van der Waals surface area contributed by atoms with Gasteiger partial charge in [-0.2, -0.15) is 0 Å². The Kier molecular flexibility index (Phi) is 4.34. The van der Waals surface area contributed by atoms with Gasteiger partial charge in [0.25, 0.3) is 0 Å². The van der Waals surface area contributed by atoms with E-state index in [2.05, 4.69) is 17.2 Å². The lowest BCUT2D eigenvalue weighted by Crippen LogP contribution is -2.26. The summed E-state index contributed by atoms with van der Waals surface area (Å²) in [7, 11) is 1.63. The minimum Gasteiger partial charge on any atom is -0.481 e. The van der Waals surface area contributed by atoms with Gasteiger partial charge in [-0.15, -0.1) is 0 Å². The van der Waals surface area contributed by atoms with Gasteiger partial charge in [0, 0.05) is 32.0 Å². The smallest absolute Gasteiger partial charge is 0.212 e. The first-order valence-corrected chi connectivity index (χ1v) is 6.11. The van der Waals surface area contributed by atoms with Crippen LogP contribution in [0.1, 0.15) is 18.9 Å². The number of ether oxygens (including phenoxy) is 2. The molecule has 0 bridgehead atoms. The zero-order chi connectivity index (χ0) is 12.1. The van der Waals surface area contributed by atoms with Crippen LogP contribution in [0.3, 0.4) is 0 Å². The van der Waals surface area contributed by atoms with Crippen LogP contribution in [-0.2, 0) is 11.3 Å². The SMILES string of the molecule is COc1ccc(CNCC2CCOC2C)cn1. The summed E-state index contributed by atoms with van der Waals surface area (Å²) in [5, 5.41) is 3.45. The average molecular weight is 236 g/mol. The highest BCUT2D eigenvalue weighted by atomic mass is 16.5. The fraction of sp³-hybridized carbons (Fsp3) is 0.615. The molecular weight excluding hydrogens is 216 g/mol. The Bertz CT molecular complexity index is 340. The zero-order valence-electron chi connectivity index (χ0n) is 10.5. The molecule has 1 aromatic rings. The number of aromatic nitrogens is 1. The van der Waals surface area contributed by atoms with E-state index in [1.165, 1.54) is 5.56 Å². The van der Waals surface area contributed by atoms with E-state index < -0.39 is 0 Å². The van der Waals surface area contributed by atoms with Crippen LogP contribution in [0, 0.1) is 5.92 Å². The van der Waals surface area contributed by atoms with Crippen molar-refractivity contribution in [1.82, 2.24) is 10.3 Å². The van der Waals surface area contributed by atoms with Crippen LogP contribution in [0.25, 0.3) is 0 Å². The van der Waals surface area contributed by atoms with Crippen molar-refractivity contribution < 1.29 is 9.47 Å². The van der Waals surface area contributed by atoms with Crippen molar-refractivity contribution in [3.63, 3.8) is 0 Å². The molecule has 1 fully saturated rings. The molecule has 0 saturated carbocycles. The quantitative estimate of drug-likeness (QED) is 0.843. The van der Waals surface area contributed by atoms with Gasteiger partial charge in [0.2, 0.25) is 5.88 Å². The Morgan fingerprint density at radius 1 is 1.53 bits per heavy atom. The van der Waals surface area contributed by atoms with Gasteiger partial charge in [-0.05, 0) is 24.8 Å². The van der Waals surface area contributed by atoms with Crippen LogP contribution < -0.4 is 10.1 Å². The molecule has 0 amide bonds. The largest absolute Gasteiger partial charge is 0.481 e. The monoisotopic (exact) mass is 236 g/mol. The number of hydrogen-bond acceptors (Lipinski definition) is 4. The van der Waals surface area contributed by atoms with Crippen LogP contribution in [-0.4, -0.2) is 31.3 Å². The van der Waals surface area contributed by atoms with Gasteiger partial charge in [0.15, 0.2) is 0 Å². The van der Waals surface area contributed by atoms with Crippen LogP contribution in [0.5, 0.6) is 5.88 Å². The van der Waals surface area contributed by atoms with Gasteiger partial charge in [0.1, 0.15) is 0 Å². The molecule has 1 saturated heterocycles. The highest BCUT2D eigenvalue weighted by molar-refractivity contribution is 5.17. The first-order valence-electron chi connectivity index (χ1n) is 6.11. The number of methoxy groups -OCH3 is 1. The van der Waals surface area contributed by atoms with Crippen molar-refractivity contribution in [1.29, 1.82) is 0 Å². The Morgan fingerprint density at radius 2 is 2.41 bits per heavy atom. The van der Waals surface area contributed by atoms with E-state index in [4.69, 9.17) is 9.47 Å². The lowest BCUT2D eigenvalue weighted by molar-refractivity contribution is 0.105. The van der Waals surface area contributed by atoms with Crippen molar-refractivity contribution in [3.05, 3.63) is 23.9 Å². The molecule has 2 rings (SSSR count). The molecule has 17 heavy (non-hydrogen) atoms. The molecule has 1 aliphatic heterocycles. The molecule has 1 aliphatic rings. The van der Waals surface area contributed by atoms with E-state index >= 15 is 0 Å².